The van der Waals surface area contributed by atoms with Gasteiger partial charge in [-0.25, -0.2) is 4.98 Å². The van der Waals surface area contributed by atoms with E-state index < -0.39 is 0 Å². The molecule has 2 unspecified atom stereocenters. The molecule has 0 spiro atoms. The number of nitrogens with zero attached hydrogens (tertiary/aromatic N) is 2. The molecule has 28 heavy (non-hydrogen) atoms. The highest BCUT2D eigenvalue weighted by Crippen LogP contribution is 2.42. The van der Waals surface area contributed by atoms with Gasteiger partial charge < -0.3 is 14.4 Å². The van der Waals surface area contributed by atoms with Crippen LogP contribution in [0.1, 0.15) is 48.6 Å². The van der Waals surface area contributed by atoms with Gasteiger partial charge in [-0.05, 0) is 55.0 Å². The normalized spacial score (nSPS) is 24.7. The van der Waals surface area contributed by atoms with Crippen LogP contribution in [0, 0.1) is 5.92 Å². The van der Waals surface area contributed by atoms with Crippen LogP contribution in [0.15, 0.2) is 54.3 Å². The maximum atomic E-state index is 11.0. The second-order valence-corrected chi connectivity index (χ2v) is 9.05. The molecule has 0 bridgehead atoms. The van der Waals surface area contributed by atoms with Crippen molar-refractivity contribution in [1.29, 1.82) is 0 Å². The smallest absolute Gasteiger partial charge is 0.0956 e. The fourth-order valence-corrected chi connectivity index (χ4v) is 5.45. The van der Waals surface area contributed by atoms with E-state index in [9.17, 15) is 5.11 Å². The third-order valence-electron chi connectivity index (χ3n) is 6.37. The maximum absolute atomic E-state index is 11.0. The van der Waals surface area contributed by atoms with Crippen molar-refractivity contribution in [3.8, 4) is 11.3 Å². The lowest BCUT2D eigenvalue weighted by atomic mass is 9.81. The van der Waals surface area contributed by atoms with Crippen molar-refractivity contribution in [3.05, 3.63) is 64.7 Å². The first-order chi connectivity index (χ1) is 13.8. The number of rotatable bonds is 6. The number of hydrogen-bond acceptors (Lipinski definition) is 4. The number of aliphatic hydroxyl groups excluding tert-OH is 1. The third-order valence-corrected chi connectivity index (χ3v) is 7.22. The molecule has 5 heteroatoms. The lowest BCUT2D eigenvalue weighted by Gasteiger charge is -2.32. The molecule has 4 nitrogen and oxygen atoms in total. The summed E-state index contributed by atoms with van der Waals surface area (Å²) in [5.41, 5.74) is 3.73. The van der Waals surface area contributed by atoms with Gasteiger partial charge in [0.1, 0.15) is 0 Å². The van der Waals surface area contributed by atoms with Gasteiger partial charge in [0.2, 0.25) is 0 Å². The summed E-state index contributed by atoms with van der Waals surface area (Å²) in [5.74, 6) is 0.362. The number of aromatic nitrogens is 2. The number of imidazole rings is 1. The molecule has 1 aliphatic carbocycles. The summed E-state index contributed by atoms with van der Waals surface area (Å²) in [6.07, 6.45) is 8.82. The molecule has 2 aliphatic rings. The molecule has 3 aromatic rings. The molecule has 1 aromatic carbocycles. The molecule has 1 fully saturated rings. The number of hydrogen-bond donors (Lipinski definition) is 1. The van der Waals surface area contributed by atoms with E-state index in [0.29, 0.717) is 12.0 Å². The van der Waals surface area contributed by atoms with E-state index in [1.807, 2.05) is 12.5 Å². The minimum atomic E-state index is -0.287. The van der Waals surface area contributed by atoms with Crippen LogP contribution in [0.25, 0.3) is 11.3 Å². The van der Waals surface area contributed by atoms with Crippen LogP contribution < -0.4 is 0 Å². The molecule has 2 atom stereocenters. The minimum Gasteiger partial charge on any atom is -0.393 e. The minimum absolute atomic E-state index is 0.191. The fraction of sp³-hybridized carbons (Fsp3) is 0.435. The number of fused-ring (bicyclic) bond motifs is 3. The number of aliphatic hydroxyl groups is 1. The van der Waals surface area contributed by atoms with Crippen LogP contribution in [0.3, 0.4) is 0 Å². The Morgan fingerprint density at radius 2 is 2.00 bits per heavy atom. The molecule has 3 heterocycles. The van der Waals surface area contributed by atoms with Crippen LogP contribution in [0.4, 0.5) is 0 Å². The Morgan fingerprint density at radius 1 is 1.14 bits per heavy atom. The molecule has 1 saturated carbocycles. The van der Waals surface area contributed by atoms with Gasteiger partial charge in [0.15, 0.2) is 0 Å². The summed E-state index contributed by atoms with van der Waals surface area (Å²) in [6, 6.07) is 12.9. The molecule has 1 aliphatic heterocycles. The summed E-state index contributed by atoms with van der Waals surface area (Å²) in [5, 5.41) is 13.1. The topological polar surface area (TPSA) is 47.3 Å². The van der Waals surface area contributed by atoms with Gasteiger partial charge >= 0.3 is 0 Å². The first-order valence-electron chi connectivity index (χ1n) is 10.2. The Kier molecular flexibility index (Phi) is 5.05. The Morgan fingerprint density at radius 3 is 2.82 bits per heavy atom. The van der Waals surface area contributed by atoms with Gasteiger partial charge in [-0.2, -0.15) is 0 Å². The van der Waals surface area contributed by atoms with Crippen LogP contribution in [0.2, 0.25) is 0 Å². The van der Waals surface area contributed by atoms with Crippen molar-refractivity contribution >= 4 is 11.3 Å². The Balaban J connectivity index is 1.19. The highest BCUT2D eigenvalue weighted by atomic mass is 32.1. The van der Waals surface area contributed by atoms with Crippen LogP contribution in [-0.2, 0) is 11.3 Å². The SMILES string of the molecule is OC(CC1c2ccccc2-c2cncn21)C1CCC(OCc2cccs2)CC1. The van der Waals surface area contributed by atoms with Crippen molar-refractivity contribution in [2.45, 2.75) is 57.0 Å². The van der Waals surface area contributed by atoms with E-state index in [1.165, 1.54) is 21.7 Å². The van der Waals surface area contributed by atoms with E-state index in [1.54, 1.807) is 11.3 Å². The Labute approximate surface area is 169 Å². The molecule has 1 N–H and O–H groups in total. The van der Waals surface area contributed by atoms with Crippen LogP contribution >= 0.6 is 11.3 Å². The highest BCUT2D eigenvalue weighted by Gasteiger charge is 2.33. The monoisotopic (exact) mass is 394 g/mol. The zero-order valence-electron chi connectivity index (χ0n) is 15.9. The van der Waals surface area contributed by atoms with Crippen molar-refractivity contribution in [3.63, 3.8) is 0 Å². The largest absolute Gasteiger partial charge is 0.393 e. The molecule has 5 rings (SSSR count). The van der Waals surface area contributed by atoms with Crippen LogP contribution in [0.5, 0.6) is 0 Å². The Bertz CT molecular complexity index is 912. The van der Waals surface area contributed by atoms with Crippen molar-refractivity contribution in [1.82, 2.24) is 9.55 Å². The van der Waals surface area contributed by atoms with Crippen molar-refractivity contribution in [2.75, 3.05) is 0 Å². The predicted octanol–water partition coefficient (Wildman–Crippen LogP) is 5.04. The molecule has 0 saturated heterocycles. The van der Waals surface area contributed by atoms with Gasteiger partial charge in [0, 0.05) is 10.4 Å². The molecule has 0 amide bonds. The summed E-state index contributed by atoms with van der Waals surface area (Å²) in [4.78, 5) is 5.62. The van der Waals surface area contributed by atoms with Crippen LogP contribution in [-0.4, -0.2) is 26.9 Å². The van der Waals surface area contributed by atoms with Gasteiger partial charge in [-0.1, -0.05) is 30.3 Å². The van der Waals surface area contributed by atoms with E-state index in [4.69, 9.17) is 4.74 Å². The highest BCUT2D eigenvalue weighted by molar-refractivity contribution is 7.09. The molecule has 0 radical (unpaired) electrons. The zero-order valence-corrected chi connectivity index (χ0v) is 16.7. The molecular formula is C23H26N2O2S. The average Bonchev–Trinajstić information content (AvgIpc) is 3.46. The van der Waals surface area contributed by atoms with Gasteiger partial charge in [0.25, 0.3) is 0 Å². The summed E-state index contributed by atoms with van der Waals surface area (Å²) >= 11 is 1.75. The zero-order chi connectivity index (χ0) is 18.9. The molecule has 2 aromatic heterocycles. The third kappa shape index (κ3) is 3.43. The standard InChI is InChI=1S/C23H26N2O2S/c26-23(16-7-9-17(10-8-16)27-14-18-4-3-11-28-18)12-21-19-5-1-2-6-20(19)22-13-24-15-25(21)22/h1-6,11,13,15-17,21,23,26H,7-10,12,14H2. The van der Waals surface area contributed by atoms with Gasteiger partial charge in [-0.15, -0.1) is 11.3 Å². The lowest BCUT2D eigenvalue weighted by molar-refractivity contribution is -0.0151. The van der Waals surface area contributed by atoms with E-state index >= 15 is 0 Å². The van der Waals surface area contributed by atoms with Crippen molar-refractivity contribution in [2.24, 2.45) is 5.92 Å². The quantitative estimate of drug-likeness (QED) is 0.637. The maximum Gasteiger partial charge on any atom is 0.0956 e. The second-order valence-electron chi connectivity index (χ2n) is 8.02. The summed E-state index contributed by atoms with van der Waals surface area (Å²) in [7, 11) is 0. The number of benzene rings is 1. The molecular weight excluding hydrogens is 368 g/mol. The number of ether oxygens (including phenoxy) is 1. The first-order valence-corrected chi connectivity index (χ1v) is 11.1. The van der Waals surface area contributed by atoms with E-state index in [2.05, 4.69) is 51.3 Å². The van der Waals surface area contributed by atoms with E-state index in [-0.39, 0.29) is 12.1 Å². The Hall–Kier alpha value is -1.95. The predicted molar refractivity (Wildman–Crippen MR) is 111 cm³/mol. The summed E-state index contributed by atoms with van der Waals surface area (Å²) in [6.45, 7) is 0.720. The fourth-order valence-electron chi connectivity index (χ4n) is 4.83. The summed E-state index contributed by atoms with van der Waals surface area (Å²) < 4.78 is 8.31. The average molecular weight is 395 g/mol. The first kappa shape index (κ1) is 18.1. The number of thiophene rings is 1. The van der Waals surface area contributed by atoms with Gasteiger partial charge in [-0.3, -0.25) is 0 Å². The lowest BCUT2D eigenvalue weighted by Crippen LogP contribution is -2.30. The van der Waals surface area contributed by atoms with Crippen molar-refractivity contribution < 1.29 is 9.84 Å². The van der Waals surface area contributed by atoms with Gasteiger partial charge in [0.05, 0.1) is 43.1 Å². The van der Waals surface area contributed by atoms with E-state index in [0.717, 1.165) is 38.7 Å². The molecule has 146 valence electrons. The second kappa shape index (κ2) is 7.82.